The molecule has 3 fully saturated rings. The Bertz CT molecular complexity index is 896. The minimum Gasteiger partial charge on any atom is -0.371 e. The number of aromatic nitrogens is 3. The Balaban J connectivity index is 1.25. The normalized spacial score (nSPS) is 20.2. The predicted octanol–water partition coefficient (Wildman–Crippen LogP) is 3.06. The van der Waals surface area contributed by atoms with E-state index in [-0.39, 0.29) is 5.69 Å². The van der Waals surface area contributed by atoms with Crippen LogP contribution in [0.5, 0.6) is 0 Å². The van der Waals surface area contributed by atoms with Crippen molar-refractivity contribution in [2.75, 3.05) is 28.6 Å². The van der Waals surface area contributed by atoms with Gasteiger partial charge in [-0.2, -0.15) is 4.98 Å². The van der Waals surface area contributed by atoms with Crippen molar-refractivity contribution in [1.29, 1.82) is 0 Å². The molecule has 1 aromatic carbocycles. The summed E-state index contributed by atoms with van der Waals surface area (Å²) in [6, 6.07) is 8.66. The molecule has 1 spiro atoms. The van der Waals surface area contributed by atoms with Gasteiger partial charge in [-0.15, -0.1) is 10.2 Å². The molecular weight excluding hydrogens is 366 g/mol. The van der Waals surface area contributed by atoms with Crippen molar-refractivity contribution in [1.82, 2.24) is 15.2 Å². The van der Waals surface area contributed by atoms with E-state index in [0.29, 0.717) is 23.2 Å². The third-order valence-corrected chi connectivity index (χ3v) is 6.57. The fourth-order valence-electron chi connectivity index (χ4n) is 4.37. The zero-order valence-electron chi connectivity index (χ0n) is 16.5. The van der Waals surface area contributed by atoms with Crippen molar-refractivity contribution in [3.05, 3.63) is 30.0 Å². The van der Waals surface area contributed by atoms with E-state index in [0.717, 1.165) is 31.6 Å². The Morgan fingerprint density at radius 3 is 2.38 bits per heavy atom. The van der Waals surface area contributed by atoms with Gasteiger partial charge in [0, 0.05) is 30.5 Å². The molecule has 8 nitrogen and oxygen atoms in total. The molecule has 0 unspecified atom stereocenters. The van der Waals surface area contributed by atoms with Gasteiger partial charge in [-0.05, 0) is 68.2 Å². The van der Waals surface area contributed by atoms with Gasteiger partial charge < -0.3 is 21.3 Å². The van der Waals surface area contributed by atoms with Gasteiger partial charge in [-0.1, -0.05) is 6.42 Å². The second-order valence-electron chi connectivity index (χ2n) is 8.63. The van der Waals surface area contributed by atoms with Crippen LogP contribution in [-0.2, 0) is 0 Å². The fraction of sp³-hybridized carbons (Fsp3) is 0.524. The maximum atomic E-state index is 11.6. The molecule has 1 aromatic heterocycles. The van der Waals surface area contributed by atoms with Crippen LogP contribution in [0.3, 0.4) is 0 Å². The third-order valence-electron chi connectivity index (χ3n) is 6.57. The van der Waals surface area contributed by atoms with E-state index in [9.17, 15) is 4.79 Å². The van der Waals surface area contributed by atoms with Crippen molar-refractivity contribution >= 4 is 29.0 Å². The van der Waals surface area contributed by atoms with E-state index >= 15 is 0 Å². The maximum Gasteiger partial charge on any atom is 0.273 e. The average Bonchev–Trinajstić information content (AvgIpc) is 3.51. The molecule has 5 rings (SSSR count). The lowest BCUT2D eigenvalue weighted by Gasteiger charge is -2.48. The Morgan fingerprint density at radius 2 is 1.79 bits per heavy atom. The summed E-state index contributed by atoms with van der Waals surface area (Å²) < 4.78 is 0. The molecule has 0 radical (unpaired) electrons. The standard InChI is InChI=1S/C21H27N7O/c22-18(29)17-19(23-14-2-3-14)25-20(27-26-17)24-15-4-6-16(7-5-15)28-12-10-21(11-13-28)8-1-9-21/h4-7,14H,1-3,8-13H2,(H2,22,29)(H2,23,24,25,27). The van der Waals surface area contributed by atoms with E-state index in [1.165, 1.54) is 37.8 Å². The number of carbonyl (C=O) groups is 1. The number of benzene rings is 1. The monoisotopic (exact) mass is 393 g/mol. The lowest BCUT2D eigenvalue weighted by atomic mass is 9.63. The van der Waals surface area contributed by atoms with E-state index < -0.39 is 5.91 Å². The maximum absolute atomic E-state index is 11.6. The summed E-state index contributed by atoms with van der Waals surface area (Å²) >= 11 is 0. The summed E-state index contributed by atoms with van der Waals surface area (Å²) in [5.41, 5.74) is 8.25. The molecule has 4 N–H and O–H groups in total. The predicted molar refractivity (Wildman–Crippen MR) is 112 cm³/mol. The molecule has 152 valence electrons. The van der Waals surface area contributed by atoms with Gasteiger partial charge in [-0.25, -0.2) is 0 Å². The highest BCUT2D eigenvalue weighted by Gasteiger charge is 2.39. The Morgan fingerprint density at radius 1 is 1.07 bits per heavy atom. The number of rotatable bonds is 6. The lowest BCUT2D eigenvalue weighted by molar-refractivity contribution is 0.0955. The number of nitrogens with zero attached hydrogens (tertiary/aromatic N) is 4. The topological polar surface area (TPSA) is 109 Å². The average molecular weight is 393 g/mol. The SMILES string of the molecule is NC(=O)c1nnc(Nc2ccc(N3CCC4(CCC4)CC3)cc2)nc1NC1CC1. The Kier molecular flexibility index (Phi) is 4.49. The fourth-order valence-corrected chi connectivity index (χ4v) is 4.37. The van der Waals surface area contributed by atoms with Crippen LogP contribution in [0.4, 0.5) is 23.1 Å². The van der Waals surface area contributed by atoms with Crippen LogP contribution in [0.2, 0.25) is 0 Å². The first kappa shape index (κ1) is 18.1. The zero-order chi connectivity index (χ0) is 19.8. The third kappa shape index (κ3) is 3.83. The van der Waals surface area contributed by atoms with Crippen LogP contribution >= 0.6 is 0 Å². The van der Waals surface area contributed by atoms with Crippen molar-refractivity contribution in [3.8, 4) is 0 Å². The molecule has 0 bridgehead atoms. The van der Waals surface area contributed by atoms with Crippen LogP contribution in [0.1, 0.15) is 55.4 Å². The smallest absolute Gasteiger partial charge is 0.273 e. The second-order valence-corrected chi connectivity index (χ2v) is 8.63. The first-order valence-corrected chi connectivity index (χ1v) is 10.5. The Labute approximate surface area is 170 Å². The van der Waals surface area contributed by atoms with E-state index in [1.807, 2.05) is 12.1 Å². The summed E-state index contributed by atoms with van der Waals surface area (Å²) in [4.78, 5) is 18.4. The molecular formula is C21H27N7O. The number of carbonyl (C=O) groups excluding carboxylic acids is 1. The molecule has 2 aromatic rings. The molecule has 3 aliphatic rings. The number of amides is 1. The molecule has 2 saturated carbocycles. The molecule has 1 saturated heterocycles. The van der Waals surface area contributed by atoms with Crippen LogP contribution < -0.4 is 21.3 Å². The molecule has 8 heteroatoms. The summed E-state index contributed by atoms with van der Waals surface area (Å²) in [7, 11) is 0. The van der Waals surface area contributed by atoms with Gasteiger partial charge in [0.15, 0.2) is 11.5 Å². The highest BCUT2D eigenvalue weighted by atomic mass is 16.1. The first-order chi connectivity index (χ1) is 14.1. The van der Waals surface area contributed by atoms with E-state index in [4.69, 9.17) is 5.73 Å². The minimum atomic E-state index is -0.630. The first-order valence-electron chi connectivity index (χ1n) is 10.5. The van der Waals surface area contributed by atoms with Crippen LogP contribution in [0.15, 0.2) is 24.3 Å². The summed E-state index contributed by atoms with van der Waals surface area (Å²) in [5, 5.41) is 14.3. The number of anilines is 4. The highest BCUT2D eigenvalue weighted by Crippen LogP contribution is 2.49. The quantitative estimate of drug-likeness (QED) is 0.692. The van der Waals surface area contributed by atoms with Crippen molar-refractivity contribution in [2.45, 2.75) is 51.0 Å². The molecule has 2 aliphatic carbocycles. The minimum absolute atomic E-state index is 0.0760. The van der Waals surface area contributed by atoms with Crippen LogP contribution in [-0.4, -0.2) is 40.2 Å². The number of piperidine rings is 1. The van der Waals surface area contributed by atoms with Gasteiger partial charge in [0.2, 0.25) is 5.95 Å². The van der Waals surface area contributed by atoms with Crippen molar-refractivity contribution in [3.63, 3.8) is 0 Å². The van der Waals surface area contributed by atoms with E-state index in [2.05, 4.69) is 42.8 Å². The molecule has 0 atom stereocenters. The van der Waals surface area contributed by atoms with Gasteiger partial charge >= 0.3 is 0 Å². The Hall–Kier alpha value is -2.90. The van der Waals surface area contributed by atoms with Gasteiger partial charge in [0.05, 0.1) is 0 Å². The summed E-state index contributed by atoms with van der Waals surface area (Å²) in [6.45, 7) is 2.29. The molecule has 1 amide bonds. The van der Waals surface area contributed by atoms with E-state index in [1.54, 1.807) is 0 Å². The number of primary amides is 1. The number of nitrogens with one attached hydrogen (secondary N) is 2. The summed E-state index contributed by atoms with van der Waals surface area (Å²) in [6.07, 6.45) is 9.00. The highest BCUT2D eigenvalue weighted by molar-refractivity contribution is 5.95. The number of nitrogens with two attached hydrogens (primary N) is 1. The lowest BCUT2D eigenvalue weighted by Crippen LogP contribution is -2.43. The van der Waals surface area contributed by atoms with Crippen molar-refractivity contribution < 1.29 is 4.79 Å². The number of hydrogen-bond acceptors (Lipinski definition) is 7. The molecule has 2 heterocycles. The van der Waals surface area contributed by atoms with Crippen LogP contribution in [0, 0.1) is 5.41 Å². The molecule has 1 aliphatic heterocycles. The summed E-state index contributed by atoms with van der Waals surface area (Å²) in [5.74, 6) is 0.109. The number of hydrogen-bond donors (Lipinski definition) is 3. The van der Waals surface area contributed by atoms with Crippen LogP contribution in [0.25, 0.3) is 0 Å². The van der Waals surface area contributed by atoms with Gasteiger partial charge in [-0.3, -0.25) is 4.79 Å². The zero-order valence-corrected chi connectivity index (χ0v) is 16.5. The van der Waals surface area contributed by atoms with Crippen molar-refractivity contribution in [2.24, 2.45) is 11.1 Å². The second kappa shape index (κ2) is 7.17. The van der Waals surface area contributed by atoms with Gasteiger partial charge in [0.1, 0.15) is 0 Å². The largest absolute Gasteiger partial charge is 0.371 e. The van der Waals surface area contributed by atoms with Gasteiger partial charge in [0.25, 0.3) is 5.91 Å². The molecule has 29 heavy (non-hydrogen) atoms.